The van der Waals surface area contributed by atoms with Crippen molar-refractivity contribution in [3.8, 4) is 5.75 Å². The largest absolute Gasteiger partial charge is 0.492 e. The number of halogens is 1. The van der Waals surface area contributed by atoms with Gasteiger partial charge in [0, 0.05) is 19.6 Å². The first kappa shape index (κ1) is 14.3. The molecule has 1 N–H and O–H groups in total. The summed E-state index contributed by atoms with van der Waals surface area (Å²) >= 11 is 6.05. The summed E-state index contributed by atoms with van der Waals surface area (Å²) in [6, 6.07) is 5.32. The summed E-state index contributed by atoms with van der Waals surface area (Å²) in [5.41, 5.74) is 0.789. The maximum atomic E-state index is 9.40. The quantitative estimate of drug-likeness (QED) is 0.764. The van der Waals surface area contributed by atoms with Crippen molar-refractivity contribution < 1.29 is 14.6 Å². The van der Waals surface area contributed by atoms with E-state index >= 15 is 0 Å². The van der Waals surface area contributed by atoms with E-state index in [1.54, 1.807) is 19.1 Å². The fourth-order valence-corrected chi connectivity index (χ4v) is 1.62. The zero-order valence-corrected chi connectivity index (χ0v) is 11.0. The van der Waals surface area contributed by atoms with Crippen LogP contribution < -0.4 is 4.74 Å². The molecule has 0 amide bonds. The van der Waals surface area contributed by atoms with Crippen molar-refractivity contribution in [1.82, 2.24) is 0 Å². The molecular formula is C13H19ClO3. The molecule has 0 bridgehead atoms. The highest BCUT2D eigenvalue weighted by Gasteiger charge is 2.06. The van der Waals surface area contributed by atoms with Crippen molar-refractivity contribution in [3.63, 3.8) is 0 Å². The van der Waals surface area contributed by atoms with Crippen molar-refractivity contribution >= 4 is 11.6 Å². The molecule has 0 aliphatic carbocycles. The van der Waals surface area contributed by atoms with Gasteiger partial charge in [-0.25, -0.2) is 0 Å². The van der Waals surface area contributed by atoms with E-state index in [9.17, 15) is 5.11 Å². The zero-order valence-electron chi connectivity index (χ0n) is 10.3. The van der Waals surface area contributed by atoms with Crippen LogP contribution in [0.4, 0.5) is 0 Å². The molecule has 1 aromatic rings. The van der Waals surface area contributed by atoms with Gasteiger partial charge in [-0.2, -0.15) is 0 Å². The Morgan fingerprint density at radius 2 is 2.12 bits per heavy atom. The first-order valence-corrected chi connectivity index (χ1v) is 6.21. The Labute approximate surface area is 107 Å². The highest BCUT2D eigenvalue weighted by Crippen LogP contribution is 2.27. The Hall–Kier alpha value is -0.770. The predicted octanol–water partition coefficient (Wildman–Crippen LogP) is 3.20. The molecule has 3 nitrogen and oxygen atoms in total. The molecular weight excluding hydrogens is 240 g/mol. The fourth-order valence-electron chi connectivity index (χ4n) is 1.38. The van der Waals surface area contributed by atoms with Crippen LogP contribution in [0.25, 0.3) is 0 Å². The zero-order chi connectivity index (χ0) is 12.7. The molecule has 96 valence electrons. The molecule has 0 aliphatic heterocycles. The average Bonchev–Trinajstić information content (AvgIpc) is 2.30. The van der Waals surface area contributed by atoms with E-state index < -0.39 is 6.10 Å². The molecule has 4 heteroatoms. The summed E-state index contributed by atoms with van der Waals surface area (Å²) in [6.07, 6.45) is 0.321. The van der Waals surface area contributed by atoms with E-state index in [0.29, 0.717) is 24.0 Å². The first-order chi connectivity index (χ1) is 8.15. The summed E-state index contributed by atoms with van der Waals surface area (Å²) in [4.78, 5) is 0. The van der Waals surface area contributed by atoms with Gasteiger partial charge in [-0.05, 0) is 31.5 Å². The highest BCUT2D eigenvalue weighted by molar-refractivity contribution is 6.32. The molecule has 1 rings (SSSR count). The van der Waals surface area contributed by atoms with Crippen LogP contribution in [0.15, 0.2) is 18.2 Å². The van der Waals surface area contributed by atoms with Gasteiger partial charge in [0.05, 0.1) is 17.7 Å². The third-order valence-electron chi connectivity index (χ3n) is 2.33. The van der Waals surface area contributed by atoms with Crippen LogP contribution in [0.3, 0.4) is 0 Å². The van der Waals surface area contributed by atoms with Gasteiger partial charge in [-0.15, -0.1) is 0 Å². The molecule has 0 saturated heterocycles. The number of aliphatic hydroxyl groups excluding tert-OH is 1. The molecule has 0 heterocycles. The maximum Gasteiger partial charge on any atom is 0.137 e. The van der Waals surface area contributed by atoms with Crippen molar-refractivity contribution in [2.75, 3.05) is 19.8 Å². The lowest BCUT2D eigenvalue weighted by molar-refractivity contribution is 0.131. The number of ether oxygens (including phenoxy) is 2. The number of rotatable bonds is 7. The van der Waals surface area contributed by atoms with Gasteiger partial charge >= 0.3 is 0 Å². The summed E-state index contributed by atoms with van der Waals surface area (Å²) in [6.45, 7) is 5.66. The second-order valence-electron chi connectivity index (χ2n) is 3.76. The van der Waals surface area contributed by atoms with Crippen molar-refractivity contribution in [1.29, 1.82) is 0 Å². The summed E-state index contributed by atoms with van der Waals surface area (Å²) in [7, 11) is 0. The lowest BCUT2D eigenvalue weighted by Crippen LogP contribution is -2.03. The third kappa shape index (κ3) is 4.94. The Kier molecular flexibility index (Phi) is 6.34. The molecule has 17 heavy (non-hydrogen) atoms. The summed E-state index contributed by atoms with van der Waals surface area (Å²) in [5.74, 6) is 0.646. The smallest absolute Gasteiger partial charge is 0.137 e. The number of hydrogen-bond donors (Lipinski definition) is 1. The normalized spacial score (nSPS) is 12.5. The Morgan fingerprint density at radius 3 is 2.71 bits per heavy atom. The van der Waals surface area contributed by atoms with Crippen LogP contribution in [0.5, 0.6) is 5.75 Å². The molecule has 0 radical (unpaired) electrons. The third-order valence-corrected chi connectivity index (χ3v) is 2.63. The van der Waals surface area contributed by atoms with Crippen molar-refractivity contribution in [3.05, 3.63) is 28.8 Å². The Balaban J connectivity index is 2.43. The van der Waals surface area contributed by atoms with E-state index in [2.05, 4.69) is 0 Å². The van der Waals surface area contributed by atoms with E-state index in [4.69, 9.17) is 21.1 Å². The van der Waals surface area contributed by atoms with Gasteiger partial charge in [-0.1, -0.05) is 17.7 Å². The number of hydrogen-bond acceptors (Lipinski definition) is 3. The Morgan fingerprint density at radius 1 is 1.35 bits per heavy atom. The second kappa shape index (κ2) is 7.54. The molecule has 1 atom stereocenters. The molecule has 1 aromatic carbocycles. The van der Waals surface area contributed by atoms with Gasteiger partial charge in [0.15, 0.2) is 0 Å². The van der Waals surface area contributed by atoms with E-state index in [1.165, 1.54) is 0 Å². The molecule has 0 spiro atoms. The van der Waals surface area contributed by atoms with E-state index in [0.717, 1.165) is 18.6 Å². The van der Waals surface area contributed by atoms with Crippen LogP contribution >= 0.6 is 11.6 Å². The highest BCUT2D eigenvalue weighted by atomic mass is 35.5. The Bertz CT molecular complexity index is 339. The van der Waals surface area contributed by atoms with Crippen LogP contribution in [-0.4, -0.2) is 24.9 Å². The summed E-state index contributed by atoms with van der Waals surface area (Å²) in [5, 5.41) is 9.92. The van der Waals surface area contributed by atoms with Crippen LogP contribution in [0.2, 0.25) is 5.02 Å². The van der Waals surface area contributed by atoms with Crippen LogP contribution in [0, 0.1) is 0 Å². The minimum Gasteiger partial charge on any atom is -0.492 e. The SMILES string of the molecule is CCOCCCOc1ccc(C(C)O)cc1Cl. The average molecular weight is 259 g/mol. The minimum absolute atomic E-state index is 0.514. The van der Waals surface area contributed by atoms with Gasteiger partial charge in [-0.3, -0.25) is 0 Å². The van der Waals surface area contributed by atoms with Gasteiger partial charge in [0.1, 0.15) is 5.75 Å². The maximum absolute atomic E-state index is 9.40. The summed E-state index contributed by atoms with van der Waals surface area (Å²) < 4.78 is 10.7. The fraction of sp³-hybridized carbons (Fsp3) is 0.538. The van der Waals surface area contributed by atoms with Gasteiger partial charge in [0.2, 0.25) is 0 Å². The van der Waals surface area contributed by atoms with Crippen molar-refractivity contribution in [2.45, 2.75) is 26.4 Å². The predicted molar refractivity (Wildman–Crippen MR) is 68.7 cm³/mol. The van der Waals surface area contributed by atoms with Crippen molar-refractivity contribution in [2.24, 2.45) is 0 Å². The second-order valence-corrected chi connectivity index (χ2v) is 4.17. The number of benzene rings is 1. The standard InChI is InChI=1S/C13H19ClO3/c1-3-16-7-4-8-17-13-6-5-11(10(2)15)9-12(13)14/h5-6,9-10,15H,3-4,7-8H2,1-2H3. The monoisotopic (exact) mass is 258 g/mol. The molecule has 0 fully saturated rings. The van der Waals surface area contributed by atoms with E-state index in [-0.39, 0.29) is 0 Å². The number of aliphatic hydroxyl groups is 1. The first-order valence-electron chi connectivity index (χ1n) is 5.83. The van der Waals surface area contributed by atoms with Crippen LogP contribution in [-0.2, 0) is 4.74 Å². The van der Waals surface area contributed by atoms with Gasteiger partial charge in [0.25, 0.3) is 0 Å². The molecule has 0 saturated carbocycles. The lowest BCUT2D eigenvalue weighted by atomic mass is 10.1. The van der Waals surface area contributed by atoms with Gasteiger partial charge < -0.3 is 14.6 Å². The molecule has 0 aliphatic rings. The minimum atomic E-state index is -0.514. The lowest BCUT2D eigenvalue weighted by Gasteiger charge is -2.10. The molecule has 1 unspecified atom stereocenters. The molecule has 0 aromatic heterocycles. The van der Waals surface area contributed by atoms with Crippen LogP contribution in [0.1, 0.15) is 31.9 Å². The topological polar surface area (TPSA) is 38.7 Å². The van der Waals surface area contributed by atoms with E-state index in [1.807, 2.05) is 13.0 Å².